The molecule has 182 valence electrons. The molecule has 1 aromatic heterocycles. The summed E-state index contributed by atoms with van der Waals surface area (Å²) >= 11 is 0. The molecule has 2 atom stereocenters. The second-order valence-electron chi connectivity index (χ2n) is 11.0. The van der Waals surface area contributed by atoms with Gasteiger partial charge in [0.2, 0.25) is 5.95 Å². The van der Waals surface area contributed by atoms with Crippen molar-refractivity contribution in [3.05, 3.63) is 47.5 Å². The number of ether oxygens (including phenoxy) is 1. The minimum absolute atomic E-state index is 0.0983. The summed E-state index contributed by atoms with van der Waals surface area (Å²) in [5.74, 6) is 1.58. The van der Waals surface area contributed by atoms with E-state index in [4.69, 9.17) is 9.72 Å². The predicted molar refractivity (Wildman–Crippen MR) is 137 cm³/mol. The maximum absolute atomic E-state index is 11.4. The van der Waals surface area contributed by atoms with Gasteiger partial charge in [-0.25, -0.2) is 4.98 Å². The number of carbonyl (C=O) groups is 1. The lowest BCUT2D eigenvalue weighted by Gasteiger charge is -2.40. The molecule has 3 aromatic rings. The van der Waals surface area contributed by atoms with Gasteiger partial charge in [-0.05, 0) is 60.3 Å². The Morgan fingerprint density at radius 1 is 1.24 bits per heavy atom. The normalized spacial score (nSPS) is 20.0. The first-order valence-corrected chi connectivity index (χ1v) is 12.2. The van der Waals surface area contributed by atoms with Gasteiger partial charge in [-0.15, -0.1) is 0 Å². The van der Waals surface area contributed by atoms with Crippen LogP contribution < -0.4 is 10.1 Å². The number of carboxylic acids is 1. The van der Waals surface area contributed by atoms with Crippen LogP contribution in [0.3, 0.4) is 0 Å². The third-order valence-electron chi connectivity index (χ3n) is 7.00. The maximum Gasteiger partial charge on any atom is 0.307 e. The molecule has 2 aromatic carbocycles. The summed E-state index contributed by atoms with van der Waals surface area (Å²) in [7, 11) is 1.59. The largest absolute Gasteiger partial charge is 0.496 e. The molecule has 1 fully saturated rings. The summed E-state index contributed by atoms with van der Waals surface area (Å²) in [5.41, 5.74) is 4.92. The Balaban J connectivity index is 1.83. The lowest BCUT2D eigenvalue weighted by molar-refractivity contribution is -0.136. The van der Waals surface area contributed by atoms with Crippen LogP contribution in [-0.2, 0) is 11.2 Å². The molecule has 2 unspecified atom stereocenters. The lowest BCUT2D eigenvalue weighted by atomic mass is 9.70. The first-order chi connectivity index (χ1) is 16.1. The molecule has 0 saturated heterocycles. The molecule has 0 aliphatic heterocycles. The molecule has 6 nitrogen and oxygen atoms in total. The number of hydrogen-bond acceptors (Lipinski definition) is 4. The van der Waals surface area contributed by atoms with Crippen molar-refractivity contribution in [1.82, 2.24) is 9.55 Å². The Labute approximate surface area is 202 Å². The number of imidazole rings is 1. The van der Waals surface area contributed by atoms with E-state index in [-0.39, 0.29) is 17.9 Å². The zero-order chi connectivity index (χ0) is 24.6. The van der Waals surface area contributed by atoms with Gasteiger partial charge in [0.1, 0.15) is 5.75 Å². The zero-order valence-corrected chi connectivity index (χ0v) is 21.2. The molecule has 0 radical (unpaired) electrons. The van der Waals surface area contributed by atoms with Crippen LogP contribution in [0.4, 0.5) is 11.6 Å². The van der Waals surface area contributed by atoms with Crippen LogP contribution in [-0.4, -0.2) is 27.7 Å². The van der Waals surface area contributed by atoms with Gasteiger partial charge >= 0.3 is 5.97 Å². The molecule has 0 amide bonds. The van der Waals surface area contributed by atoms with Gasteiger partial charge in [0, 0.05) is 23.4 Å². The van der Waals surface area contributed by atoms with E-state index in [0.717, 1.165) is 35.5 Å². The van der Waals surface area contributed by atoms with Gasteiger partial charge in [-0.1, -0.05) is 46.8 Å². The molecule has 0 spiro atoms. The van der Waals surface area contributed by atoms with E-state index >= 15 is 0 Å². The fourth-order valence-electron chi connectivity index (χ4n) is 5.69. The minimum Gasteiger partial charge on any atom is -0.496 e. The second-order valence-corrected chi connectivity index (χ2v) is 11.0. The number of carboxylic acid groups (broad SMARTS) is 1. The van der Waals surface area contributed by atoms with Crippen LogP contribution in [0.5, 0.6) is 5.75 Å². The topological polar surface area (TPSA) is 76.4 Å². The van der Waals surface area contributed by atoms with Crippen LogP contribution in [0.25, 0.3) is 11.0 Å². The van der Waals surface area contributed by atoms with E-state index in [1.165, 1.54) is 12.0 Å². The van der Waals surface area contributed by atoms with Crippen molar-refractivity contribution in [2.45, 2.75) is 72.3 Å². The molecule has 4 rings (SSSR count). The summed E-state index contributed by atoms with van der Waals surface area (Å²) in [6, 6.07) is 12.6. The van der Waals surface area contributed by atoms with E-state index < -0.39 is 5.97 Å². The van der Waals surface area contributed by atoms with E-state index in [2.05, 4.69) is 68.8 Å². The Kier molecular flexibility index (Phi) is 6.61. The molecule has 2 N–H and O–H groups in total. The Bertz CT molecular complexity index is 1180. The van der Waals surface area contributed by atoms with Crippen LogP contribution in [0.2, 0.25) is 0 Å². The number of fused-ring (bicyclic) bond motifs is 1. The first kappa shape index (κ1) is 24.1. The average molecular weight is 464 g/mol. The van der Waals surface area contributed by atoms with E-state index in [1.807, 2.05) is 12.1 Å². The maximum atomic E-state index is 11.4. The average Bonchev–Trinajstić information content (AvgIpc) is 3.08. The van der Waals surface area contributed by atoms with Crippen LogP contribution in [0.15, 0.2) is 36.4 Å². The summed E-state index contributed by atoms with van der Waals surface area (Å²) in [6.45, 7) is 11.4. The number of methoxy groups -OCH3 is 1. The number of anilines is 2. The van der Waals surface area contributed by atoms with Gasteiger partial charge in [0.25, 0.3) is 0 Å². The third kappa shape index (κ3) is 5.06. The Morgan fingerprint density at radius 3 is 2.53 bits per heavy atom. The highest BCUT2D eigenvalue weighted by molar-refractivity contribution is 5.84. The molecule has 0 bridgehead atoms. The predicted octanol–water partition coefficient (Wildman–Crippen LogP) is 6.93. The minimum atomic E-state index is -0.886. The van der Waals surface area contributed by atoms with Crippen LogP contribution in [0.1, 0.15) is 77.0 Å². The van der Waals surface area contributed by atoms with Crippen molar-refractivity contribution in [1.29, 1.82) is 0 Å². The van der Waals surface area contributed by atoms with E-state index in [9.17, 15) is 9.90 Å². The molecule has 6 heteroatoms. The number of aliphatic carboxylic acids is 1. The van der Waals surface area contributed by atoms with E-state index in [0.29, 0.717) is 23.1 Å². The van der Waals surface area contributed by atoms with E-state index in [1.54, 1.807) is 7.11 Å². The monoisotopic (exact) mass is 463 g/mol. The second kappa shape index (κ2) is 9.32. The third-order valence-corrected chi connectivity index (χ3v) is 7.00. The first-order valence-electron chi connectivity index (χ1n) is 12.2. The highest BCUT2D eigenvalue weighted by Gasteiger charge is 2.35. The molecule has 1 heterocycles. The van der Waals surface area contributed by atoms with Crippen molar-refractivity contribution < 1.29 is 14.6 Å². The SMILES string of the molecule is COc1cc2c(cc1CC(=O)O)nc(Nc1ccc(C(C)C)cc1)n2C1CC(C)CC(C)(C)C1. The molecular formula is C28H37N3O3. The summed E-state index contributed by atoms with van der Waals surface area (Å²) < 4.78 is 7.91. The van der Waals surface area contributed by atoms with Crippen LogP contribution >= 0.6 is 0 Å². The van der Waals surface area contributed by atoms with Crippen molar-refractivity contribution in [3.63, 3.8) is 0 Å². The standard InChI is InChI=1S/C28H37N3O3/c1-17(2)19-7-9-21(10-8-19)29-27-30-23-12-20(13-26(32)33)25(34-6)14-24(23)31(27)22-11-18(3)15-28(4,5)16-22/h7-10,12,14,17-18,22H,11,13,15-16H2,1-6H3,(H,29,30)(H,32,33). The molecule has 1 aliphatic rings. The van der Waals surface area contributed by atoms with Crippen molar-refractivity contribution in [2.24, 2.45) is 11.3 Å². The summed E-state index contributed by atoms with van der Waals surface area (Å²) in [6.07, 6.45) is 3.25. The highest BCUT2D eigenvalue weighted by atomic mass is 16.5. The van der Waals surface area contributed by atoms with Gasteiger partial charge in [0.15, 0.2) is 0 Å². The zero-order valence-electron chi connectivity index (χ0n) is 21.2. The van der Waals surface area contributed by atoms with Gasteiger partial charge < -0.3 is 19.7 Å². The van der Waals surface area contributed by atoms with Crippen LogP contribution in [0, 0.1) is 11.3 Å². The Morgan fingerprint density at radius 2 is 1.94 bits per heavy atom. The number of aromatic nitrogens is 2. The van der Waals surface area contributed by atoms with Gasteiger partial charge in [0.05, 0.1) is 24.6 Å². The number of hydrogen-bond donors (Lipinski definition) is 2. The molecule has 1 saturated carbocycles. The van der Waals surface area contributed by atoms with Crippen molar-refractivity contribution in [3.8, 4) is 5.75 Å². The molecule has 1 aliphatic carbocycles. The number of nitrogens with zero attached hydrogens (tertiary/aromatic N) is 2. The van der Waals surface area contributed by atoms with Gasteiger partial charge in [-0.2, -0.15) is 0 Å². The lowest BCUT2D eigenvalue weighted by Crippen LogP contribution is -2.29. The molecular weight excluding hydrogens is 426 g/mol. The summed E-state index contributed by atoms with van der Waals surface area (Å²) in [4.78, 5) is 16.4. The molecule has 34 heavy (non-hydrogen) atoms. The quantitative estimate of drug-likeness (QED) is 0.397. The van der Waals surface area contributed by atoms with Crippen molar-refractivity contribution >= 4 is 28.6 Å². The smallest absolute Gasteiger partial charge is 0.307 e. The Hall–Kier alpha value is -3.02. The number of rotatable bonds is 7. The van der Waals surface area contributed by atoms with Gasteiger partial charge in [-0.3, -0.25) is 4.79 Å². The highest BCUT2D eigenvalue weighted by Crippen LogP contribution is 2.46. The summed E-state index contributed by atoms with van der Waals surface area (Å²) in [5, 5.41) is 12.9. The fourth-order valence-corrected chi connectivity index (χ4v) is 5.69. The number of nitrogens with one attached hydrogen (secondary N) is 1. The number of benzene rings is 2. The van der Waals surface area contributed by atoms with Crippen molar-refractivity contribution in [2.75, 3.05) is 12.4 Å². The fraction of sp³-hybridized carbons (Fsp3) is 0.500.